The highest BCUT2D eigenvalue weighted by Gasteiger charge is 2.30. The molecule has 1 aliphatic heterocycles. The summed E-state index contributed by atoms with van der Waals surface area (Å²) in [5.74, 6) is -0.0317. The molecule has 1 aliphatic rings. The fourth-order valence-electron chi connectivity index (χ4n) is 2.54. The summed E-state index contributed by atoms with van der Waals surface area (Å²) in [6.45, 7) is 3.66. The van der Waals surface area contributed by atoms with Gasteiger partial charge in [-0.05, 0) is 50.6 Å². The van der Waals surface area contributed by atoms with Gasteiger partial charge < -0.3 is 10.4 Å². The van der Waals surface area contributed by atoms with Crippen molar-refractivity contribution in [1.29, 1.82) is 0 Å². The lowest BCUT2D eigenvalue weighted by Gasteiger charge is -2.28. The summed E-state index contributed by atoms with van der Waals surface area (Å²) in [7, 11) is 0. The molecule has 1 aromatic rings. The van der Waals surface area contributed by atoms with Gasteiger partial charge in [-0.3, -0.25) is 9.69 Å². The van der Waals surface area contributed by atoms with E-state index >= 15 is 0 Å². The molecule has 2 N–H and O–H groups in total. The second-order valence-electron chi connectivity index (χ2n) is 5.29. The number of hydrogen-bond donors (Lipinski definition) is 2. The van der Waals surface area contributed by atoms with Crippen LogP contribution in [0.3, 0.4) is 0 Å². The van der Waals surface area contributed by atoms with Gasteiger partial charge in [0.15, 0.2) is 0 Å². The molecule has 1 amide bonds. The molecule has 0 aromatic heterocycles. The highest BCUT2D eigenvalue weighted by Crippen LogP contribution is 2.26. The van der Waals surface area contributed by atoms with E-state index in [1.54, 1.807) is 6.92 Å². The summed E-state index contributed by atoms with van der Waals surface area (Å²) in [4.78, 5) is 14.7. The van der Waals surface area contributed by atoms with Crippen LogP contribution in [0.25, 0.3) is 0 Å². The van der Waals surface area contributed by atoms with E-state index in [1.165, 1.54) is 0 Å². The molecular weight excluding hydrogens is 320 g/mol. The summed E-state index contributed by atoms with van der Waals surface area (Å²) in [6, 6.07) is 7.40. The number of halogens is 1. The summed E-state index contributed by atoms with van der Waals surface area (Å²) in [6.07, 6.45) is 2.27. The van der Waals surface area contributed by atoms with Crippen LogP contribution in [-0.4, -0.2) is 41.7 Å². The molecule has 0 spiro atoms. The third-order valence-electron chi connectivity index (χ3n) is 3.60. The Morgan fingerprint density at radius 2 is 1.95 bits per heavy atom. The lowest BCUT2D eigenvalue weighted by molar-refractivity contribution is -0.127. The van der Waals surface area contributed by atoms with Crippen LogP contribution in [0.5, 0.6) is 0 Å². The third-order valence-corrected chi connectivity index (χ3v) is 4.13. The Kier molecular flexibility index (Phi) is 5.57. The van der Waals surface area contributed by atoms with Crippen LogP contribution in [0.4, 0.5) is 0 Å². The Hall–Kier alpha value is -0.910. The van der Waals surface area contributed by atoms with Gasteiger partial charge >= 0.3 is 0 Å². The Morgan fingerprint density at radius 3 is 2.50 bits per heavy atom. The van der Waals surface area contributed by atoms with Gasteiger partial charge in [0.05, 0.1) is 6.61 Å². The van der Waals surface area contributed by atoms with E-state index < -0.39 is 0 Å². The minimum absolute atomic E-state index is 0.0317. The molecule has 20 heavy (non-hydrogen) atoms. The van der Waals surface area contributed by atoms with Crippen molar-refractivity contribution < 1.29 is 9.90 Å². The lowest BCUT2D eigenvalue weighted by atomic mass is 10.0. The average molecular weight is 341 g/mol. The SMILES string of the molecule is CC(CO)NC(=O)C(c1ccc(Br)cc1)N1CCCC1. The van der Waals surface area contributed by atoms with Crippen molar-refractivity contribution in [3.63, 3.8) is 0 Å². The fourth-order valence-corrected chi connectivity index (χ4v) is 2.80. The Labute approximate surface area is 128 Å². The number of hydrogen-bond acceptors (Lipinski definition) is 3. The Morgan fingerprint density at radius 1 is 1.35 bits per heavy atom. The first-order valence-electron chi connectivity index (χ1n) is 7.02. The molecule has 0 radical (unpaired) electrons. The molecule has 110 valence electrons. The van der Waals surface area contributed by atoms with Gasteiger partial charge in [0.2, 0.25) is 5.91 Å². The van der Waals surface area contributed by atoms with E-state index in [4.69, 9.17) is 5.11 Å². The van der Waals surface area contributed by atoms with Crippen molar-refractivity contribution in [2.45, 2.75) is 31.8 Å². The van der Waals surface area contributed by atoms with Crippen molar-refractivity contribution >= 4 is 21.8 Å². The maximum Gasteiger partial charge on any atom is 0.242 e. The topological polar surface area (TPSA) is 52.6 Å². The maximum absolute atomic E-state index is 12.5. The predicted molar refractivity (Wildman–Crippen MR) is 82.4 cm³/mol. The van der Waals surface area contributed by atoms with Crippen LogP contribution in [0, 0.1) is 0 Å². The van der Waals surface area contributed by atoms with Crippen molar-refractivity contribution in [2.75, 3.05) is 19.7 Å². The molecule has 0 saturated carbocycles. The summed E-state index contributed by atoms with van der Waals surface area (Å²) < 4.78 is 1.01. The summed E-state index contributed by atoms with van der Waals surface area (Å²) >= 11 is 3.42. The van der Waals surface area contributed by atoms with E-state index in [1.807, 2.05) is 24.3 Å². The summed E-state index contributed by atoms with van der Waals surface area (Å²) in [5.41, 5.74) is 0.998. The quantitative estimate of drug-likeness (QED) is 0.862. The molecule has 2 unspecified atom stereocenters. The number of carbonyl (C=O) groups excluding carboxylic acids is 1. The molecule has 2 atom stereocenters. The average Bonchev–Trinajstić information content (AvgIpc) is 2.95. The van der Waals surface area contributed by atoms with Crippen molar-refractivity contribution in [3.8, 4) is 0 Å². The smallest absolute Gasteiger partial charge is 0.242 e. The van der Waals surface area contributed by atoms with Crippen molar-refractivity contribution in [3.05, 3.63) is 34.3 Å². The molecular formula is C15H21BrN2O2. The van der Waals surface area contributed by atoms with Gasteiger partial charge in [0, 0.05) is 10.5 Å². The van der Waals surface area contributed by atoms with E-state index in [9.17, 15) is 4.79 Å². The molecule has 1 heterocycles. The number of nitrogens with zero attached hydrogens (tertiary/aromatic N) is 1. The van der Waals surface area contributed by atoms with Crippen LogP contribution in [0.15, 0.2) is 28.7 Å². The second-order valence-corrected chi connectivity index (χ2v) is 6.21. The van der Waals surface area contributed by atoms with Crippen LogP contribution in [-0.2, 0) is 4.79 Å². The zero-order valence-electron chi connectivity index (χ0n) is 11.7. The minimum Gasteiger partial charge on any atom is -0.394 e. The van der Waals surface area contributed by atoms with E-state index in [0.29, 0.717) is 0 Å². The minimum atomic E-state index is -0.264. The molecule has 1 aromatic carbocycles. The molecule has 5 heteroatoms. The zero-order valence-corrected chi connectivity index (χ0v) is 13.3. The standard InChI is InChI=1S/C15H21BrN2O2/c1-11(10-19)17-15(20)14(18-8-2-3-9-18)12-4-6-13(16)7-5-12/h4-7,11,14,19H,2-3,8-10H2,1H3,(H,17,20). The highest BCUT2D eigenvalue weighted by atomic mass is 79.9. The van der Waals surface area contributed by atoms with Crippen LogP contribution >= 0.6 is 15.9 Å². The third kappa shape index (κ3) is 3.81. The number of benzene rings is 1. The van der Waals surface area contributed by atoms with E-state index in [0.717, 1.165) is 36.0 Å². The van der Waals surface area contributed by atoms with E-state index in [-0.39, 0.29) is 24.6 Å². The Balaban J connectivity index is 2.19. The fraction of sp³-hybridized carbons (Fsp3) is 0.533. The number of likely N-dealkylation sites (tertiary alicyclic amines) is 1. The van der Waals surface area contributed by atoms with Gasteiger partial charge in [0.1, 0.15) is 6.04 Å². The Bertz CT molecular complexity index is 444. The largest absolute Gasteiger partial charge is 0.394 e. The highest BCUT2D eigenvalue weighted by molar-refractivity contribution is 9.10. The number of nitrogens with one attached hydrogen (secondary N) is 1. The number of aliphatic hydroxyl groups excluding tert-OH is 1. The predicted octanol–water partition coefficient (Wildman–Crippen LogP) is 2.08. The van der Waals surface area contributed by atoms with Crippen molar-refractivity contribution in [1.82, 2.24) is 10.2 Å². The zero-order chi connectivity index (χ0) is 14.5. The molecule has 0 aliphatic carbocycles. The van der Waals surface area contributed by atoms with Gasteiger partial charge in [-0.2, -0.15) is 0 Å². The number of carbonyl (C=O) groups is 1. The first-order chi connectivity index (χ1) is 9.61. The van der Waals surface area contributed by atoms with Gasteiger partial charge in [0.25, 0.3) is 0 Å². The first-order valence-corrected chi connectivity index (χ1v) is 7.82. The summed E-state index contributed by atoms with van der Waals surface area (Å²) in [5, 5.41) is 12.0. The number of amides is 1. The van der Waals surface area contributed by atoms with Crippen molar-refractivity contribution in [2.24, 2.45) is 0 Å². The lowest BCUT2D eigenvalue weighted by Crippen LogP contribution is -2.43. The van der Waals surface area contributed by atoms with Gasteiger partial charge in [-0.1, -0.05) is 28.1 Å². The monoisotopic (exact) mass is 340 g/mol. The first kappa shape index (κ1) is 15.5. The molecule has 1 fully saturated rings. The van der Waals surface area contributed by atoms with Crippen LogP contribution in [0.2, 0.25) is 0 Å². The van der Waals surface area contributed by atoms with Crippen LogP contribution < -0.4 is 5.32 Å². The maximum atomic E-state index is 12.5. The molecule has 2 rings (SSSR count). The normalized spacial score (nSPS) is 18.8. The molecule has 4 nitrogen and oxygen atoms in total. The molecule has 0 bridgehead atoms. The second kappa shape index (κ2) is 7.20. The molecule has 1 saturated heterocycles. The van der Waals surface area contributed by atoms with E-state index in [2.05, 4.69) is 26.1 Å². The van der Waals surface area contributed by atoms with Gasteiger partial charge in [-0.15, -0.1) is 0 Å². The van der Waals surface area contributed by atoms with Gasteiger partial charge in [-0.25, -0.2) is 0 Å². The number of aliphatic hydroxyl groups is 1. The van der Waals surface area contributed by atoms with Crippen LogP contribution in [0.1, 0.15) is 31.4 Å². The number of rotatable bonds is 5.